The van der Waals surface area contributed by atoms with Crippen LogP contribution in [0.5, 0.6) is 0 Å². The second kappa shape index (κ2) is 8.04. The smallest absolute Gasteiger partial charge is 0.261 e. The van der Waals surface area contributed by atoms with Crippen molar-refractivity contribution >= 4 is 38.9 Å². The van der Waals surface area contributed by atoms with Gasteiger partial charge in [0, 0.05) is 22.0 Å². The van der Waals surface area contributed by atoms with Gasteiger partial charge in [-0.05, 0) is 67.9 Å². The van der Waals surface area contributed by atoms with Gasteiger partial charge in [0.1, 0.15) is 0 Å². The Balaban J connectivity index is 1.75. The summed E-state index contributed by atoms with van der Waals surface area (Å²) in [5.74, 6) is -0.346. The Bertz CT molecular complexity index is 1110. The number of rotatable bonds is 5. The third-order valence-electron chi connectivity index (χ3n) is 4.18. The van der Waals surface area contributed by atoms with Gasteiger partial charge in [0.2, 0.25) is 0 Å². The minimum absolute atomic E-state index is 0.0727. The molecule has 0 aliphatic carbocycles. The van der Waals surface area contributed by atoms with E-state index in [-0.39, 0.29) is 10.8 Å². The molecule has 0 saturated carbocycles. The van der Waals surface area contributed by atoms with E-state index in [1.165, 1.54) is 24.3 Å². The van der Waals surface area contributed by atoms with Gasteiger partial charge in [-0.15, -0.1) is 0 Å². The summed E-state index contributed by atoms with van der Waals surface area (Å²) in [5, 5.41) is 3.30. The molecule has 3 rings (SSSR count). The van der Waals surface area contributed by atoms with E-state index in [2.05, 4.69) is 10.0 Å². The molecule has 1 amide bonds. The molecule has 0 unspecified atom stereocenters. The lowest BCUT2D eigenvalue weighted by Crippen LogP contribution is -2.15. The summed E-state index contributed by atoms with van der Waals surface area (Å²) in [6.45, 7) is 3.78. The molecule has 0 fully saturated rings. The van der Waals surface area contributed by atoms with Crippen LogP contribution in [0.15, 0.2) is 71.6 Å². The Morgan fingerprint density at radius 1 is 0.893 bits per heavy atom. The van der Waals surface area contributed by atoms with Gasteiger partial charge in [-0.25, -0.2) is 8.42 Å². The van der Waals surface area contributed by atoms with Crippen LogP contribution in [0.4, 0.5) is 11.4 Å². The second-order valence-corrected chi connectivity index (χ2v) is 8.53. The summed E-state index contributed by atoms with van der Waals surface area (Å²) >= 11 is 5.97. The standard InChI is InChI=1S/C21H19ClN2O3S/c1-14-3-9-18(10-4-14)24-28(26,27)19-11-6-16(7-12-19)21(25)23-20-13-17(22)8-5-15(20)2/h3-13,24H,1-2H3,(H,23,25). The molecule has 3 aromatic carbocycles. The lowest BCUT2D eigenvalue weighted by Gasteiger charge is -2.11. The molecule has 2 N–H and O–H groups in total. The average Bonchev–Trinajstić information content (AvgIpc) is 2.66. The molecule has 0 atom stereocenters. The lowest BCUT2D eigenvalue weighted by molar-refractivity contribution is 0.102. The first kappa shape index (κ1) is 19.9. The topological polar surface area (TPSA) is 75.3 Å². The molecule has 0 radical (unpaired) electrons. The van der Waals surface area contributed by atoms with Crippen LogP contribution in [0, 0.1) is 13.8 Å². The van der Waals surface area contributed by atoms with Crippen LogP contribution in [0.3, 0.4) is 0 Å². The van der Waals surface area contributed by atoms with Crippen LogP contribution >= 0.6 is 11.6 Å². The van der Waals surface area contributed by atoms with Gasteiger partial charge in [-0.3, -0.25) is 9.52 Å². The summed E-state index contributed by atoms with van der Waals surface area (Å²) in [5.41, 5.74) is 3.33. The van der Waals surface area contributed by atoms with Gasteiger partial charge < -0.3 is 5.32 Å². The molecule has 0 spiro atoms. The van der Waals surface area contributed by atoms with Crippen LogP contribution in [0.25, 0.3) is 0 Å². The number of hydrogen-bond donors (Lipinski definition) is 2. The van der Waals surface area contributed by atoms with Crippen molar-refractivity contribution in [3.8, 4) is 0 Å². The van der Waals surface area contributed by atoms with Crippen molar-refractivity contribution in [2.24, 2.45) is 0 Å². The van der Waals surface area contributed by atoms with Crippen molar-refractivity contribution in [3.05, 3.63) is 88.4 Å². The minimum Gasteiger partial charge on any atom is -0.322 e. The second-order valence-electron chi connectivity index (χ2n) is 6.41. The fourth-order valence-electron chi connectivity index (χ4n) is 2.54. The number of halogens is 1. The monoisotopic (exact) mass is 414 g/mol. The van der Waals surface area contributed by atoms with Gasteiger partial charge in [-0.2, -0.15) is 0 Å². The number of amides is 1. The van der Waals surface area contributed by atoms with E-state index in [4.69, 9.17) is 11.6 Å². The highest BCUT2D eigenvalue weighted by Crippen LogP contribution is 2.22. The minimum atomic E-state index is -3.74. The van der Waals surface area contributed by atoms with E-state index in [1.807, 2.05) is 32.0 Å². The number of carbonyl (C=O) groups excluding carboxylic acids is 1. The van der Waals surface area contributed by atoms with E-state index in [9.17, 15) is 13.2 Å². The van der Waals surface area contributed by atoms with Gasteiger partial charge in [-0.1, -0.05) is 35.4 Å². The van der Waals surface area contributed by atoms with Crippen LogP contribution in [0.2, 0.25) is 5.02 Å². The fourth-order valence-corrected chi connectivity index (χ4v) is 3.78. The number of nitrogens with one attached hydrogen (secondary N) is 2. The zero-order chi connectivity index (χ0) is 20.3. The fraction of sp³-hybridized carbons (Fsp3) is 0.0952. The summed E-state index contributed by atoms with van der Waals surface area (Å²) < 4.78 is 27.5. The molecule has 0 aromatic heterocycles. The SMILES string of the molecule is Cc1ccc(NS(=O)(=O)c2ccc(C(=O)Nc3cc(Cl)ccc3C)cc2)cc1. The van der Waals surface area contributed by atoms with E-state index >= 15 is 0 Å². The van der Waals surface area contributed by atoms with Gasteiger partial charge in [0.25, 0.3) is 15.9 Å². The Labute approximate surface area is 169 Å². The zero-order valence-corrected chi connectivity index (χ0v) is 16.9. The number of anilines is 2. The third kappa shape index (κ3) is 4.71. The van der Waals surface area contributed by atoms with Crippen LogP contribution in [0.1, 0.15) is 21.5 Å². The molecule has 0 aliphatic heterocycles. The van der Waals surface area contributed by atoms with Crippen LogP contribution in [-0.2, 0) is 10.0 Å². The van der Waals surface area contributed by atoms with Crippen LogP contribution < -0.4 is 10.0 Å². The largest absolute Gasteiger partial charge is 0.322 e. The van der Waals surface area contributed by atoms with Crippen molar-refractivity contribution < 1.29 is 13.2 Å². The van der Waals surface area contributed by atoms with Crippen LogP contribution in [-0.4, -0.2) is 14.3 Å². The maximum atomic E-state index is 12.5. The van der Waals surface area contributed by atoms with E-state index in [0.29, 0.717) is 22.0 Å². The Morgan fingerprint density at radius 3 is 2.18 bits per heavy atom. The number of aryl methyl sites for hydroxylation is 2. The Kier molecular flexibility index (Phi) is 5.72. The first-order chi connectivity index (χ1) is 13.2. The third-order valence-corrected chi connectivity index (χ3v) is 5.81. The quantitative estimate of drug-likeness (QED) is 0.616. The summed E-state index contributed by atoms with van der Waals surface area (Å²) in [6.07, 6.45) is 0. The molecule has 0 bridgehead atoms. The van der Waals surface area contributed by atoms with Crippen molar-refractivity contribution in [3.63, 3.8) is 0 Å². The highest BCUT2D eigenvalue weighted by Gasteiger charge is 2.15. The summed E-state index contributed by atoms with van der Waals surface area (Å²) in [6, 6.07) is 18.0. The molecule has 7 heteroatoms. The highest BCUT2D eigenvalue weighted by atomic mass is 35.5. The van der Waals surface area contributed by atoms with Crippen molar-refractivity contribution in [1.82, 2.24) is 0 Å². The predicted molar refractivity (Wildman–Crippen MR) is 113 cm³/mol. The van der Waals surface area contributed by atoms with E-state index in [1.54, 1.807) is 24.3 Å². The van der Waals surface area contributed by atoms with Crippen molar-refractivity contribution in [1.29, 1.82) is 0 Å². The highest BCUT2D eigenvalue weighted by molar-refractivity contribution is 7.92. The van der Waals surface area contributed by atoms with E-state index in [0.717, 1.165) is 11.1 Å². The molecule has 3 aromatic rings. The zero-order valence-electron chi connectivity index (χ0n) is 15.4. The molecule has 0 saturated heterocycles. The molecule has 5 nitrogen and oxygen atoms in total. The van der Waals surface area contributed by atoms with Crippen molar-refractivity contribution in [2.75, 3.05) is 10.0 Å². The normalized spacial score (nSPS) is 11.1. The summed E-state index contributed by atoms with van der Waals surface area (Å²) in [4.78, 5) is 12.5. The van der Waals surface area contributed by atoms with Gasteiger partial charge >= 0.3 is 0 Å². The lowest BCUT2D eigenvalue weighted by atomic mass is 10.1. The molecule has 0 heterocycles. The maximum Gasteiger partial charge on any atom is 0.261 e. The molecule has 0 aliphatic rings. The number of carbonyl (C=O) groups is 1. The van der Waals surface area contributed by atoms with Gasteiger partial charge in [0.15, 0.2) is 0 Å². The number of benzene rings is 3. The predicted octanol–water partition coefficient (Wildman–Crippen LogP) is 5.01. The Morgan fingerprint density at radius 2 is 1.54 bits per heavy atom. The average molecular weight is 415 g/mol. The Hall–Kier alpha value is -2.83. The first-order valence-corrected chi connectivity index (χ1v) is 10.4. The number of sulfonamides is 1. The molecular weight excluding hydrogens is 396 g/mol. The maximum absolute atomic E-state index is 12.5. The van der Waals surface area contributed by atoms with Gasteiger partial charge in [0.05, 0.1) is 4.90 Å². The molecule has 144 valence electrons. The van der Waals surface area contributed by atoms with Crippen molar-refractivity contribution in [2.45, 2.75) is 18.7 Å². The van der Waals surface area contributed by atoms with E-state index < -0.39 is 10.0 Å². The summed E-state index contributed by atoms with van der Waals surface area (Å²) in [7, 11) is -3.74. The molecule has 28 heavy (non-hydrogen) atoms. The molecular formula is C21H19ClN2O3S. The first-order valence-electron chi connectivity index (χ1n) is 8.52. The number of hydrogen-bond acceptors (Lipinski definition) is 3.